The van der Waals surface area contributed by atoms with Gasteiger partial charge in [-0.25, -0.2) is 0 Å². The van der Waals surface area contributed by atoms with Crippen molar-refractivity contribution in [3.63, 3.8) is 0 Å². The summed E-state index contributed by atoms with van der Waals surface area (Å²) in [6, 6.07) is 3.29. The van der Waals surface area contributed by atoms with Gasteiger partial charge in [-0.15, -0.1) is 0 Å². The fraction of sp³-hybridized carbons (Fsp3) is 0.455. The summed E-state index contributed by atoms with van der Waals surface area (Å²) in [5.74, 6) is 0.613. The molecular weight excluding hydrogens is 196 g/mol. The number of rotatable bonds is 3. The fourth-order valence-corrected chi connectivity index (χ4v) is 1.57. The Morgan fingerprint density at radius 3 is 1.93 bits per heavy atom. The molecule has 0 radical (unpaired) electrons. The van der Waals surface area contributed by atoms with Gasteiger partial charge in [-0.1, -0.05) is 0 Å². The second-order valence-corrected chi connectivity index (χ2v) is 3.76. The van der Waals surface area contributed by atoms with Crippen LogP contribution in [0.1, 0.15) is 18.4 Å². The maximum absolute atomic E-state index is 9.94. The minimum absolute atomic E-state index is 0.0343. The van der Waals surface area contributed by atoms with Crippen LogP contribution in [0.2, 0.25) is 0 Å². The highest BCUT2D eigenvalue weighted by atomic mass is 16.5. The van der Waals surface area contributed by atoms with Gasteiger partial charge in [0.25, 0.3) is 0 Å². The van der Waals surface area contributed by atoms with Gasteiger partial charge in [0, 0.05) is 0 Å². The van der Waals surface area contributed by atoms with Crippen molar-refractivity contribution in [1.29, 1.82) is 0 Å². The molecule has 2 N–H and O–H groups in total. The van der Waals surface area contributed by atoms with Gasteiger partial charge in [0.2, 0.25) is 5.75 Å². The third-order valence-electron chi connectivity index (χ3n) is 2.74. The Morgan fingerprint density at radius 1 is 1.13 bits per heavy atom. The molecule has 0 aliphatic heterocycles. The Hall–Kier alpha value is -1.42. The molecule has 4 nitrogen and oxygen atoms in total. The molecule has 1 aliphatic rings. The van der Waals surface area contributed by atoms with E-state index < -0.39 is 5.60 Å². The van der Waals surface area contributed by atoms with Crippen LogP contribution in [0.25, 0.3) is 0 Å². The molecule has 15 heavy (non-hydrogen) atoms. The first-order valence-electron chi connectivity index (χ1n) is 4.78. The summed E-state index contributed by atoms with van der Waals surface area (Å²) in [5.41, 5.74) is -0.0251. The molecule has 0 amide bonds. The molecule has 0 saturated heterocycles. The number of phenols is 1. The molecule has 1 aromatic carbocycles. The van der Waals surface area contributed by atoms with E-state index in [1.807, 2.05) is 0 Å². The quantitative estimate of drug-likeness (QED) is 0.791. The van der Waals surface area contributed by atoms with Gasteiger partial charge in [-0.2, -0.15) is 0 Å². The first-order chi connectivity index (χ1) is 7.10. The lowest BCUT2D eigenvalue weighted by Gasteiger charge is -2.14. The zero-order chi connectivity index (χ0) is 11.1. The van der Waals surface area contributed by atoms with E-state index in [9.17, 15) is 10.2 Å². The van der Waals surface area contributed by atoms with Crippen LogP contribution in [0.4, 0.5) is 0 Å². The number of methoxy groups -OCH3 is 2. The van der Waals surface area contributed by atoms with Crippen molar-refractivity contribution in [2.75, 3.05) is 14.2 Å². The summed E-state index contributed by atoms with van der Waals surface area (Å²) in [6.07, 6.45) is 1.48. The highest BCUT2D eigenvalue weighted by Gasteiger charge is 2.43. The van der Waals surface area contributed by atoms with E-state index in [1.54, 1.807) is 12.1 Å². The second kappa shape index (κ2) is 3.31. The summed E-state index contributed by atoms with van der Waals surface area (Å²) < 4.78 is 10.0. The van der Waals surface area contributed by atoms with Crippen molar-refractivity contribution >= 4 is 0 Å². The van der Waals surface area contributed by atoms with Crippen molar-refractivity contribution in [3.05, 3.63) is 17.7 Å². The minimum Gasteiger partial charge on any atom is -0.502 e. The van der Waals surface area contributed by atoms with E-state index >= 15 is 0 Å². The van der Waals surface area contributed by atoms with Crippen LogP contribution < -0.4 is 9.47 Å². The lowest BCUT2D eigenvalue weighted by molar-refractivity contribution is 0.150. The van der Waals surface area contributed by atoms with E-state index in [-0.39, 0.29) is 5.75 Å². The number of benzene rings is 1. The first-order valence-corrected chi connectivity index (χ1v) is 4.78. The van der Waals surface area contributed by atoms with E-state index in [0.717, 1.165) is 18.4 Å². The second-order valence-electron chi connectivity index (χ2n) is 3.76. The van der Waals surface area contributed by atoms with Crippen LogP contribution in [-0.4, -0.2) is 24.4 Å². The van der Waals surface area contributed by atoms with Gasteiger partial charge in [-0.05, 0) is 30.5 Å². The zero-order valence-electron chi connectivity index (χ0n) is 8.78. The number of hydrogen-bond acceptors (Lipinski definition) is 4. The Morgan fingerprint density at radius 2 is 1.60 bits per heavy atom. The normalized spacial score (nSPS) is 17.3. The Kier molecular flexibility index (Phi) is 2.23. The monoisotopic (exact) mass is 210 g/mol. The molecule has 0 unspecified atom stereocenters. The molecule has 1 saturated carbocycles. The Balaban J connectivity index is 2.49. The van der Waals surface area contributed by atoms with Crippen LogP contribution in [0, 0.1) is 0 Å². The van der Waals surface area contributed by atoms with Crippen molar-refractivity contribution in [2.45, 2.75) is 18.4 Å². The smallest absolute Gasteiger partial charge is 0.200 e. The molecule has 0 aromatic heterocycles. The molecule has 0 spiro atoms. The van der Waals surface area contributed by atoms with Gasteiger partial charge in [0.05, 0.1) is 19.8 Å². The maximum Gasteiger partial charge on any atom is 0.200 e. The van der Waals surface area contributed by atoms with Crippen LogP contribution in [0.3, 0.4) is 0 Å². The lowest BCUT2D eigenvalue weighted by Crippen LogP contribution is -2.05. The van der Waals surface area contributed by atoms with Crippen LogP contribution in [-0.2, 0) is 5.60 Å². The van der Waals surface area contributed by atoms with Crippen LogP contribution >= 0.6 is 0 Å². The van der Waals surface area contributed by atoms with E-state index in [0.29, 0.717) is 11.5 Å². The summed E-state index contributed by atoms with van der Waals surface area (Å²) >= 11 is 0. The summed E-state index contributed by atoms with van der Waals surface area (Å²) in [6.45, 7) is 0. The van der Waals surface area contributed by atoms with E-state index in [4.69, 9.17) is 9.47 Å². The highest BCUT2D eigenvalue weighted by molar-refractivity contribution is 5.54. The molecule has 0 atom stereocenters. The molecular formula is C11H14O4. The molecule has 2 rings (SSSR count). The Labute approximate surface area is 88.1 Å². The topological polar surface area (TPSA) is 58.9 Å². The number of hydrogen-bond donors (Lipinski definition) is 2. The van der Waals surface area contributed by atoms with Crippen molar-refractivity contribution < 1.29 is 19.7 Å². The molecule has 0 heterocycles. The van der Waals surface area contributed by atoms with Crippen molar-refractivity contribution in [3.8, 4) is 17.2 Å². The molecule has 0 bridgehead atoms. The van der Waals surface area contributed by atoms with Crippen molar-refractivity contribution in [2.24, 2.45) is 0 Å². The predicted octanol–water partition coefficient (Wildman–Crippen LogP) is 1.39. The van der Waals surface area contributed by atoms with Gasteiger partial charge >= 0.3 is 0 Å². The average molecular weight is 210 g/mol. The molecule has 1 fully saturated rings. The number of ether oxygens (including phenoxy) is 2. The first kappa shape index (κ1) is 10.1. The van der Waals surface area contributed by atoms with Crippen molar-refractivity contribution in [1.82, 2.24) is 0 Å². The third kappa shape index (κ3) is 1.61. The average Bonchev–Trinajstić information content (AvgIpc) is 2.98. The number of aromatic hydroxyl groups is 1. The summed E-state index contributed by atoms with van der Waals surface area (Å²) in [4.78, 5) is 0. The molecule has 4 heteroatoms. The molecule has 1 aromatic rings. The van der Waals surface area contributed by atoms with Gasteiger partial charge < -0.3 is 19.7 Å². The van der Waals surface area contributed by atoms with Gasteiger partial charge in [-0.3, -0.25) is 0 Å². The van der Waals surface area contributed by atoms with Crippen LogP contribution in [0.5, 0.6) is 17.2 Å². The Bertz CT molecular complexity index is 357. The fourth-order valence-electron chi connectivity index (χ4n) is 1.57. The highest BCUT2D eigenvalue weighted by Crippen LogP contribution is 2.49. The van der Waals surface area contributed by atoms with Gasteiger partial charge in [0.1, 0.15) is 0 Å². The summed E-state index contributed by atoms with van der Waals surface area (Å²) in [7, 11) is 2.93. The molecule has 1 aliphatic carbocycles. The van der Waals surface area contributed by atoms with E-state index in [1.165, 1.54) is 14.2 Å². The largest absolute Gasteiger partial charge is 0.502 e. The minimum atomic E-state index is -0.756. The van der Waals surface area contributed by atoms with E-state index in [2.05, 4.69) is 0 Å². The lowest BCUT2D eigenvalue weighted by atomic mass is 10.1. The SMILES string of the molecule is COc1cc(C2(O)CC2)cc(OC)c1O. The van der Waals surface area contributed by atoms with Gasteiger partial charge in [0.15, 0.2) is 11.5 Å². The molecule has 82 valence electrons. The number of phenolic OH excluding ortho intramolecular Hbond substituents is 1. The zero-order valence-corrected chi connectivity index (χ0v) is 8.78. The van der Waals surface area contributed by atoms with Crippen LogP contribution in [0.15, 0.2) is 12.1 Å². The summed E-state index contributed by atoms with van der Waals surface area (Å²) in [5, 5.41) is 19.6. The maximum atomic E-state index is 9.94. The third-order valence-corrected chi connectivity index (χ3v) is 2.74. The number of aliphatic hydroxyl groups is 1. The predicted molar refractivity (Wildman–Crippen MR) is 54.3 cm³/mol. The standard InChI is InChI=1S/C11H14O4/c1-14-8-5-7(11(13)3-4-11)6-9(15-2)10(8)12/h5-6,12-13H,3-4H2,1-2H3.